The molecule has 2 N–H and O–H groups in total. The van der Waals surface area contributed by atoms with Gasteiger partial charge in [-0.15, -0.1) is 12.4 Å². The first kappa shape index (κ1) is 16.2. The van der Waals surface area contributed by atoms with E-state index in [2.05, 4.69) is 31.8 Å². The van der Waals surface area contributed by atoms with Crippen molar-refractivity contribution in [3.63, 3.8) is 0 Å². The Hall–Kier alpha value is -1.18. The normalized spacial score (nSPS) is 20.1. The lowest BCUT2D eigenvalue weighted by Gasteiger charge is -2.40. The van der Waals surface area contributed by atoms with Crippen LogP contribution < -0.4 is 10.7 Å². The molecule has 1 aromatic rings. The number of hydrogen-bond donors (Lipinski definition) is 2. The van der Waals surface area contributed by atoms with E-state index in [4.69, 9.17) is 4.74 Å². The Morgan fingerprint density at radius 1 is 1.33 bits per heavy atom. The highest BCUT2D eigenvalue weighted by molar-refractivity contribution is 9.10. The molecule has 114 valence electrons. The Bertz CT molecular complexity index is 591. The van der Waals surface area contributed by atoms with Crippen LogP contribution in [0.3, 0.4) is 0 Å². The first-order chi connectivity index (χ1) is 9.61. The van der Waals surface area contributed by atoms with Crippen LogP contribution in [0.2, 0.25) is 0 Å². The van der Waals surface area contributed by atoms with Crippen molar-refractivity contribution < 1.29 is 13.9 Å². The van der Waals surface area contributed by atoms with Gasteiger partial charge < -0.3 is 10.1 Å². The van der Waals surface area contributed by atoms with Crippen molar-refractivity contribution in [1.29, 1.82) is 0 Å². The van der Waals surface area contributed by atoms with Gasteiger partial charge in [-0.25, -0.2) is 14.6 Å². The number of nitrogens with zero attached hydrogens (tertiary/aromatic N) is 1. The second-order valence-electron chi connectivity index (χ2n) is 4.83. The van der Waals surface area contributed by atoms with Gasteiger partial charge in [0, 0.05) is 22.9 Å². The van der Waals surface area contributed by atoms with Crippen LogP contribution in [-0.2, 0) is 4.74 Å². The molecule has 3 rings (SSSR count). The van der Waals surface area contributed by atoms with Crippen LogP contribution in [-0.4, -0.2) is 30.5 Å². The topological polar surface area (TPSA) is 62.7 Å². The zero-order valence-electron chi connectivity index (χ0n) is 11.0. The molecule has 2 heterocycles. The van der Waals surface area contributed by atoms with Crippen LogP contribution in [0.5, 0.6) is 0 Å². The van der Waals surface area contributed by atoms with Crippen LogP contribution in [0, 0.1) is 5.82 Å². The molecule has 0 atom stereocenters. The Labute approximate surface area is 135 Å². The fourth-order valence-electron chi connectivity index (χ4n) is 2.61. The number of hydrazone groups is 1. The number of amides is 1. The smallest absolute Gasteiger partial charge is 0.428 e. The molecule has 0 aliphatic carbocycles. The summed E-state index contributed by atoms with van der Waals surface area (Å²) in [6.45, 7) is 1.48. The highest BCUT2D eigenvalue weighted by Gasteiger charge is 2.45. The van der Waals surface area contributed by atoms with Gasteiger partial charge in [0.05, 0.1) is 0 Å². The minimum Gasteiger partial charge on any atom is -0.435 e. The zero-order chi connectivity index (χ0) is 14.2. The molecular formula is C13H14BrClFN3O2. The zero-order valence-corrected chi connectivity index (χ0v) is 13.4. The third-order valence-electron chi connectivity index (χ3n) is 3.58. The molecule has 0 radical (unpaired) electrons. The van der Waals surface area contributed by atoms with Crippen molar-refractivity contribution in [3.05, 3.63) is 34.1 Å². The number of hydrogen-bond acceptors (Lipinski definition) is 4. The van der Waals surface area contributed by atoms with Crippen LogP contribution in [0.4, 0.5) is 9.18 Å². The van der Waals surface area contributed by atoms with Crippen molar-refractivity contribution in [2.75, 3.05) is 13.1 Å². The molecule has 0 unspecified atom stereocenters. The summed E-state index contributed by atoms with van der Waals surface area (Å²) < 4.78 is 19.4. The molecule has 8 heteroatoms. The number of carbonyl (C=O) groups excluding carboxylic acids is 1. The van der Waals surface area contributed by atoms with Gasteiger partial charge in [-0.1, -0.05) is 15.9 Å². The molecule has 0 saturated carbocycles. The maximum Gasteiger partial charge on any atom is 0.428 e. The number of nitrogens with one attached hydrogen (secondary N) is 2. The fourth-order valence-corrected chi connectivity index (χ4v) is 3.15. The quantitative estimate of drug-likeness (QED) is 0.789. The third-order valence-corrected chi connectivity index (χ3v) is 4.23. The minimum absolute atomic E-state index is 0. The molecule has 1 saturated heterocycles. The summed E-state index contributed by atoms with van der Waals surface area (Å²) in [7, 11) is 0. The Morgan fingerprint density at radius 2 is 2.05 bits per heavy atom. The molecule has 5 nitrogen and oxygen atoms in total. The summed E-state index contributed by atoms with van der Waals surface area (Å²) in [5, 5.41) is 7.39. The lowest BCUT2D eigenvalue weighted by Crippen LogP contribution is -2.55. The average molecular weight is 379 g/mol. The molecule has 1 aromatic carbocycles. The van der Waals surface area contributed by atoms with E-state index < -0.39 is 11.7 Å². The largest absolute Gasteiger partial charge is 0.435 e. The summed E-state index contributed by atoms with van der Waals surface area (Å²) in [6.07, 6.45) is 0.737. The van der Waals surface area contributed by atoms with Gasteiger partial charge in [0.15, 0.2) is 5.60 Å². The van der Waals surface area contributed by atoms with Gasteiger partial charge in [-0.3, -0.25) is 0 Å². The number of benzene rings is 1. The molecule has 1 amide bonds. The summed E-state index contributed by atoms with van der Waals surface area (Å²) in [6, 6.07) is 4.39. The lowest BCUT2D eigenvalue weighted by molar-refractivity contribution is 0.0326. The first-order valence-electron chi connectivity index (χ1n) is 6.34. The molecule has 2 aliphatic rings. The minimum atomic E-state index is -0.742. The van der Waals surface area contributed by atoms with Gasteiger partial charge >= 0.3 is 6.09 Å². The Balaban J connectivity index is 0.00000161. The Kier molecular flexibility index (Phi) is 4.85. The number of piperidine rings is 1. The Morgan fingerprint density at radius 3 is 2.71 bits per heavy atom. The van der Waals surface area contributed by atoms with E-state index in [0.29, 0.717) is 23.0 Å². The molecular weight excluding hydrogens is 365 g/mol. The molecule has 2 aliphatic heterocycles. The molecule has 0 bridgehead atoms. The molecule has 0 aromatic heterocycles. The summed E-state index contributed by atoms with van der Waals surface area (Å²) in [5.41, 5.74) is 2.95. The van der Waals surface area contributed by atoms with E-state index in [1.54, 1.807) is 6.07 Å². The number of ether oxygens (including phenoxy) is 1. The van der Waals surface area contributed by atoms with E-state index in [9.17, 15) is 9.18 Å². The van der Waals surface area contributed by atoms with Crippen LogP contribution in [0.25, 0.3) is 0 Å². The van der Waals surface area contributed by atoms with E-state index in [-0.39, 0.29) is 18.2 Å². The van der Waals surface area contributed by atoms with Gasteiger partial charge in [0.2, 0.25) is 0 Å². The number of halogens is 3. The predicted octanol–water partition coefficient (Wildman–Crippen LogP) is 2.58. The summed E-state index contributed by atoms with van der Waals surface area (Å²) in [4.78, 5) is 11.5. The van der Waals surface area contributed by atoms with Crippen LogP contribution in [0.15, 0.2) is 27.8 Å². The molecule has 1 fully saturated rings. The van der Waals surface area contributed by atoms with Gasteiger partial charge in [-0.2, -0.15) is 5.10 Å². The van der Waals surface area contributed by atoms with E-state index in [1.165, 1.54) is 12.1 Å². The van der Waals surface area contributed by atoms with Crippen molar-refractivity contribution >= 4 is 40.1 Å². The average Bonchev–Trinajstić information content (AvgIpc) is 2.41. The highest BCUT2D eigenvalue weighted by Crippen LogP contribution is 2.33. The van der Waals surface area contributed by atoms with Crippen molar-refractivity contribution in [3.8, 4) is 0 Å². The van der Waals surface area contributed by atoms with Crippen molar-refractivity contribution in [1.82, 2.24) is 10.7 Å². The second-order valence-corrected chi connectivity index (χ2v) is 5.68. The highest BCUT2D eigenvalue weighted by atomic mass is 79.9. The van der Waals surface area contributed by atoms with Crippen molar-refractivity contribution in [2.45, 2.75) is 18.4 Å². The van der Waals surface area contributed by atoms with Gasteiger partial charge in [-0.05, 0) is 31.3 Å². The summed E-state index contributed by atoms with van der Waals surface area (Å²) in [5.74, 6) is -0.332. The first-order valence-corrected chi connectivity index (χ1v) is 7.13. The maximum atomic E-state index is 13.2. The molecule has 1 spiro atoms. The van der Waals surface area contributed by atoms with E-state index >= 15 is 0 Å². The van der Waals surface area contributed by atoms with Gasteiger partial charge in [0.1, 0.15) is 11.5 Å². The predicted molar refractivity (Wildman–Crippen MR) is 82.3 cm³/mol. The number of carbonyl (C=O) groups is 1. The second kappa shape index (κ2) is 6.29. The molecule has 21 heavy (non-hydrogen) atoms. The van der Waals surface area contributed by atoms with Crippen LogP contribution >= 0.6 is 28.3 Å². The lowest BCUT2D eigenvalue weighted by atomic mass is 9.83. The summed E-state index contributed by atoms with van der Waals surface area (Å²) >= 11 is 3.34. The van der Waals surface area contributed by atoms with E-state index in [0.717, 1.165) is 18.7 Å². The van der Waals surface area contributed by atoms with Crippen molar-refractivity contribution in [2.24, 2.45) is 5.10 Å². The van der Waals surface area contributed by atoms with Gasteiger partial charge in [0.25, 0.3) is 0 Å². The fraction of sp³-hybridized carbons (Fsp3) is 0.385. The third kappa shape index (κ3) is 3.04. The standard InChI is InChI=1S/C13H13BrFN3O2.ClH/c14-10-7-8(15)1-2-9(10)11-13(3-5-16-6-4-13)20-12(19)18-17-11;/h1-2,7,16H,3-6H2,(H,18,19);1H. The maximum absolute atomic E-state index is 13.2. The SMILES string of the molecule is Cl.O=C1NN=C(c2ccc(F)cc2Br)C2(CCNCC2)O1. The number of rotatable bonds is 1. The van der Waals surface area contributed by atoms with E-state index in [1.807, 2.05) is 0 Å². The van der Waals surface area contributed by atoms with Crippen LogP contribution in [0.1, 0.15) is 18.4 Å². The monoisotopic (exact) mass is 377 g/mol.